The molecule has 0 atom stereocenters. The fourth-order valence-electron chi connectivity index (χ4n) is 1.77. The standard InChI is InChI=1S/C15H13ClIN3OS/c16-12-8-11(5-6-13(12)17)20-15(22)19-10-3-1-9(2-4-10)7-14(18)21/h1-6,8H,7H2,(H2,18,21)(H2,19,20,22). The van der Waals surface area contributed by atoms with Gasteiger partial charge < -0.3 is 16.4 Å². The molecule has 0 bridgehead atoms. The van der Waals surface area contributed by atoms with E-state index in [0.717, 1.165) is 20.5 Å². The van der Waals surface area contributed by atoms with Gasteiger partial charge in [-0.3, -0.25) is 4.79 Å². The number of rotatable bonds is 4. The quantitative estimate of drug-likeness (QED) is 0.495. The molecule has 22 heavy (non-hydrogen) atoms. The lowest BCUT2D eigenvalue weighted by atomic mass is 10.1. The molecule has 7 heteroatoms. The average molecular weight is 446 g/mol. The van der Waals surface area contributed by atoms with Crippen LogP contribution in [0.1, 0.15) is 5.56 Å². The van der Waals surface area contributed by atoms with E-state index in [0.29, 0.717) is 10.1 Å². The molecule has 114 valence electrons. The topological polar surface area (TPSA) is 67.2 Å². The van der Waals surface area contributed by atoms with Gasteiger partial charge in [0.05, 0.1) is 11.4 Å². The molecule has 0 fully saturated rings. The van der Waals surface area contributed by atoms with Crippen LogP contribution in [0.15, 0.2) is 42.5 Å². The van der Waals surface area contributed by atoms with Crippen LogP contribution in [0.25, 0.3) is 0 Å². The minimum Gasteiger partial charge on any atom is -0.369 e. The first-order chi connectivity index (χ1) is 10.4. The molecule has 0 spiro atoms. The lowest BCUT2D eigenvalue weighted by Gasteiger charge is -2.11. The van der Waals surface area contributed by atoms with Gasteiger partial charge >= 0.3 is 0 Å². The Labute approximate surface area is 152 Å². The molecule has 2 aromatic rings. The third kappa shape index (κ3) is 5.11. The fourth-order valence-corrected chi connectivity index (χ4v) is 2.53. The molecule has 0 aliphatic heterocycles. The van der Waals surface area contributed by atoms with Crippen LogP contribution in [0.4, 0.5) is 11.4 Å². The normalized spacial score (nSPS) is 10.1. The number of primary amides is 1. The number of amides is 1. The number of carbonyl (C=O) groups excluding carboxylic acids is 1. The first kappa shape index (κ1) is 17.0. The van der Waals surface area contributed by atoms with Crippen molar-refractivity contribution in [1.82, 2.24) is 0 Å². The van der Waals surface area contributed by atoms with E-state index in [-0.39, 0.29) is 12.3 Å². The van der Waals surface area contributed by atoms with Gasteiger partial charge in [-0.05, 0) is 70.7 Å². The fraction of sp³-hybridized carbons (Fsp3) is 0.0667. The number of anilines is 2. The zero-order valence-corrected chi connectivity index (χ0v) is 15.1. The van der Waals surface area contributed by atoms with Crippen molar-refractivity contribution in [3.05, 3.63) is 56.6 Å². The molecule has 2 rings (SSSR count). The molecule has 1 amide bonds. The number of halogens is 2. The minimum atomic E-state index is -0.353. The molecule has 0 aliphatic rings. The maximum absolute atomic E-state index is 10.9. The highest BCUT2D eigenvalue weighted by molar-refractivity contribution is 14.1. The Hall–Kier alpha value is -1.38. The van der Waals surface area contributed by atoms with Crippen LogP contribution in [0.3, 0.4) is 0 Å². The molecule has 0 unspecified atom stereocenters. The van der Waals surface area contributed by atoms with E-state index in [1.807, 2.05) is 42.5 Å². The summed E-state index contributed by atoms with van der Waals surface area (Å²) in [5.41, 5.74) is 7.65. The Morgan fingerprint density at radius 1 is 1.14 bits per heavy atom. The summed E-state index contributed by atoms with van der Waals surface area (Å²) in [5, 5.41) is 7.26. The van der Waals surface area contributed by atoms with Gasteiger partial charge in [0.2, 0.25) is 5.91 Å². The van der Waals surface area contributed by atoms with Gasteiger partial charge in [-0.1, -0.05) is 23.7 Å². The second-order valence-corrected chi connectivity index (χ2v) is 6.53. The lowest BCUT2D eigenvalue weighted by Crippen LogP contribution is -2.19. The number of benzene rings is 2. The highest BCUT2D eigenvalue weighted by Crippen LogP contribution is 2.22. The van der Waals surface area contributed by atoms with Crippen molar-refractivity contribution in [3.8, 4) is 0 Å². The molecule has 0 saturated carbocycles. The largest absolute Gasteiger partial charge is 0.369 e. The third-order valence-corrected chi connectivity index (χ3v) is 4.54. The summed E-state index contributed by atoms with van der Waals surface area (Å²) in [6, 6.07) is 13.0. The number of hydrogen-bond donors (Lipinski definition) is 3. The third-order valence-electron chi connectivity index (χ3n) is 2.77. The molecule has 4 nitrogen and oxygen atoms in total. The second kappa shape index (κ2) is 7.75. The number of nitrogens with one attached hydrogen (secondary N) is 2. The average Bonchev–Trinajstić information content (AvgIpc) is 2.44. The summed E-state index contributed by atoms with van der Waals surface area (Å²) in [7, 11) is 0. The van der Waals surface area contributed by atoms with Crippen LogP contribution in [0.5, 0.6) is 0 Å². The molecule has 0 aromatic heterocycles. The summed E-state index contributed by atoms with van der Waals surface area (Å²) in [6.45, 7) is 0. The van der Waals surface area contributed by atoms with Crippen molar-refractivity contribution >= 4 is 68.8 Å². The molecule has 0 saturated heterocycles. The Balaban J connectivity index is 1.96. The molecule has 2 aromatic carbocycles. The van der Waals surface area contributed by atoms with Gasteiger partial charge in [0.1, 0.15) is 0 Å². The van der Waals surface area contributed by atoms with Gasteiger partial charge in [0, 0.05) is 14.9 Å². The molecule has 4 N–H and O–H groups in total. The van der Waals surface area contributed by atoms with Crippen LogP contribution in [0.2, 0.25) is 5.02 Å². The first-order valence-electron chi connectivity index (χ1n) is 6.34. The van der Waals surface area contributed by atoms with E-state index < -0.39 is 0 Å². The van der Waals surface area contributed by atoms with Crippen molar-refractivity contribution in [1.29, 1.82) is 0 Å². The summed E-state index contributed by atoms with van der Waals surface area (Å²) in [4.78, 5) is 10.9. The van der Waals surface area contributed by atoms with Gasteiger partial charge in [-0.2, -0.15) is 0 Å². The summed E-state index contributed by atoms with van der Waals surface area (Å²) >= 11 is 13.5. The maximum Gasteiger partial charge on any atom is 0.221 e. The van der Waals surface area contributed by atoms with Crippen molar-refractivity contribution in [2.45, 2.75) is 6.42 Å². The van der Waals surface area contributed by atoms with Crippen molar-refractivity contribution in [2.24, 2.45) is 5.73 Å². The van der Waals surface area contributed by atoms with Gasteiger partial charge in [-0.25, -0.2) is 0 Å². The van der Waals surface area contributed by atoms with Crippen LogP contribution in [-0.2, 0) is 11.2 Å². The minimum absolute atomic E-state index is 0.226. The van der Waals surface area contributed by atoms with Crippen molar-refractivity contribution in [2.75, 3.05) is 10.6 Å². The predicted molar refractivity (Wildman–Crippen MR) is 103 cm³/mol. The van der Waals surface area contributed by atoms with E-state index in [9.17, 15) is 4.79 Å². The smallest absolute Gasteiger partial charge is 0.221 e. The van der Waals surface area contributed by atoms with E-state index in [2.05, 4.69) is 33.2 Å². The first-order valence-corrected chi connectivity index (χ1v) is 8.21. The van der Waals surface area contributed by atoms with E-state index >= 15 is 0 Å². The number of thiocarbonyl (C=S) groups is 1. The number of nitrogens with two attached hydrogens (primary N) is 1. The summed E-state index contributed by atoms with van der Waals surface area (Å²) < 4.78 is 0.980. The molecule has 0 radical (unpaired) electrons. The van der Waals surface area contributed by atoms with E-state index in [1.54, 1.807) is 0 Å². The van der Waals surface area contributed by atoms with Crippen LogP contribution < -0.4 is 16.4 Å². The second-order valence-electron chi connectivity index (χ2n) is 4.55. The van der Waals surface area contributed by atoms with Gasteiger partial charge in [0.25, 0.3) is 0 Å². The lowest BCUT2D eigenvalue weighted by molar-refractivity contribution is -0.117. The summed E-state index contributed by atoms with van der Waals surface area (Å²) in [6.07, 6.45) is 0.226. The number of hydrogen-bond acceptors (Lipinski definition) is 2. The Kier molecular flexibility index (Phi) is 5.98. The molecular formula is C15H13ClIN3OS. The molecular weight excluding hydrogens is 433 g/mol. The van der Waals surface area contributed by atoms with Crippen molar-refractivity contribution in [3.63, 3.8) is 0 Å². The Morgan fingerprint density at radius 3 is 2.32 bits per heavy atom. The van der Waals surface area contributed by atoms with E-state index in [4.69, 9.17) is 29.6 Å². The van der Waals surface area contributed by atoms with Gasteiger partial charge in [0.15, 0.2) is 5.11 Å². The zero-order chi connectivity index (χ0) is 16.1. The van der Waals surface area contributed by atoms with Crippen LogP contribution >= 0.6 is 46.4 Å². The number of carbonyl (C=O) groups is 1. The monoisotopic (exact) mass is 445 g/mol. The van der Waals surface area contributed by atoms with Crippen molar-refractivity contribution < 1.29 is 4.79 Å². The van der Waals surface area contributed by atoms with Crippen LogP contribution in [0, 0.1) is 3.57 Å². The maximum atomic E-state index is 10.9. The SMILES string of the molecule is NC(=O)Cc1ccc(NC(=S)Nc2ccc(I)c(Cl)c2)cc1. The summed E-state index contributed by atoms with van der Waals surface area (Å²) in [5.74, 6) is -0.353. The van der Waals surface area contributed by atoms with Crippen LogP contribution in [-0.4, -0.2) is 11.0 Å². The molecule has 0 heterocycles. The highest BCUT2D eigenvalue weighted by atomic mass is 127. The van der Waals surface area contributed by atoms with Gasteiger partial charge in [-0.15, -0.1) is 0 Å². The van der Waals surface area contributed by atoms with E-state index in [1.165, 1.54) is 0 Å². The molecule has 0 aliphatic carbocycles. The Morgan fingerprint density at radius 2 is 1.73 bits per heavy atom. The highest BCUT2D eigenvalue weighted by Gasteiger charge is 2.03. The zero-order valence-electron chi connectivity index (χ0n) is 11.4. The Bertz CT molecular complexity index is 706. The predicted octanol–water partition coefficient (Wildman–Crippen LogP) is 3.78.